The molecule has 3 nitrogen and oxygen atoms in total. The van der Waals surface area contributed by atoms with Gasteiger partial charge in [-0.3, -0.25) is 9.69 Å². The molecule has 1 amide bonds. The summed E-state index contributed by atoms with van der Waals surface area (Å²) >= 11 is 6.01. The molecule has 4 heteroatoms. The summed E-state index contributed by atoms with van der Waals surface area (Å²) in [6, 6.07) is 24.8. The topological polar surface area (TPSA) is 23.6 Å². The highest BCUT2D eigenvalue weighted by Crippen LogP contribution is 2.30. The molecule has 3 aromatic rings. The van der Waals surface area contributed by atoms with Crippen LogP contribution in [-0.2, 0) is 13.0 Å². The highest BCUT2D eigenvalue weighted by Gasteiger charge is 2.27. The lowest BCUT2D eigenvalue weighted by Crippen LogP contribution is -2.34. The highest BCUT2D eigenvalue weighted by atomic mass is 35.5. The molecule has 1 aliphatic carbocycles. The van der Waals surface area contributed by atoms with Gasteiger partial charge in [0.1, 0.15) is 0 Å². The molecule has 1 saturated heterocycles. The summed E-state index contributed by atoms with van der Waals surface area (Å²) in [6.45, 7) is 5.13. The largest absolute Gasteiger partial charge is 0.338 e. The maximum atomic E-state index is 13.4. The van der Waals surface area contributed by atoms with Gasteiger partial charge >= 0.3 is 0 Å². The molecule has 5 rings (SSSR count). The van der Waals surface area contributed by atoms with E-state index in [1.54, 1.807) is 0 Å². The predicted molar refractivity (Wildman–Crippen MR) is 140 cm³/mol. The number of benzene rings is 3. The van der Waals surface area contributed by atoms with Crippen LogP contribution in [0.1, 0.15) is 47.2 Å². The van der Waals surface area contributed by atoms with Crippen molar-refractivity contribution in [3.63, 3.8) is 0 Å². The summed E-state index contributed by atoms with van der Waals surface area (Å²) in [7, 11) is 0. The number of nitrogens with zero attached hydrogens (tertiary/aromatic N) is 2. The van der Waals surface area contributed by atoms with Gasteiger partial charge in [0.15, 0.2) is 0 Å². The molecule has 0 N–H and O–H groups in total. The van der Waals surface area contributed by atoms with Crippen molar-refractivity contribution in [3.8, 4) is 11.1 Å². The van der Waals surface area contributed by atoms with E-state index in [0.717, 1.165) is 47.8 Å². The van der Waals surface area contributed by atoms with E-state index in [1.165, 1.54) is 49.9 Å². The van der Waals surface area contributed by atoms with Crippen molar-refractivity contribution in [1.29, 1.82) is 0 Å². The lowest BCUT2D eigenvalue weighted by molar-refractivity contribution is 0.0749. The number of rotatable bonds is 9. The van der Waals surface area contributed by atoms with Crippen LogP contribution >= 0.6 is 11.6 Å². The van der Waals surface area contributed by atoms with E-state index in [9.17, 15) is 4.79 Å². The van der Waals surface area contributed by atoms with E-state index in [2.05, 4.69) is 34.1 Å². The van der Waals surface area contributed by atoms with Gasteiger partial charge in [0, 0.05) is 30.2 Å². The minimum atomic E-state index is 0.139. The summed E-state index contributed by atoms with van der Waals surface area (Å²) in [5.74, 6) is 0.806. The normalized spacial score (nSPS) is 16.0. The Hall–Kier alpha value is -2.62. The van der Waals surface area contributed by atoms with Gasteiger partial charge in [-0.15, -0.1) is 0 Å². The minimum Gasteiger partial charge on any atom is -0.338 e. The van der Waals surface area contributed by atoms with Crippen molar-refractivity contribution >= 4 is 17.5 Å². The van der Waals surface area contributed by atoms with Crippen LogP contribution in [0.3, 0.4) is 0 Å². The second kappa shape index (κ2) is 10.8. The summed E-state index contributed by atoms with van der Waals surface area (Å²) in [5, 5.41) is 0.729. The molecule has 176 valence electrons. The monoisotopic (exact) mass is 472 g/mol. The van der Waals surface area contributed by atoms with Crippen molar-refractivity contribution in [1.82, 2.24) is 9.80 Å². The molecule has 1 saturated carbocycles. The Kier molecular flexibility index (Phi) is 7.32. The SMILES string of the molecule is O=C(c1ccc(-c2ccc(Cl)cc2)cc1)N(CCc1ccc(CN2CCCC2)cc1)CC1CC1. The summed E-state index contributed by atoms with van der Waals surface area (Å²) in [4.78, 5) is 18.0. The maximum absolute atomic E-state index is 13.4. The second-order valence-electron chi connectivity index (χ2n) is 9.83. The molecule has 3 aromatic carbocycles. The second-order valence-corrected chi connectivity index (χ2v) is 10.3. The summed E-state index contributed by atoms with van der Waals surface area (Å²) < 4.78 is 0. The van der Waals surface area contributed by atoms with Crippen LogP contribution in [0.5, 0.6) is 0 Å². The number of likely N-dealkylation sites (tertiary alicyclic amines) is 1. The number of carbonyl (C=O) groups is 1. The van der Waals surface area contributed by atoms with Gasteiger partial charge in [0.05, 0.1) is 0 Å². The smallest absolute Gasteiger partial charge is 0.253 e. The van der Waals surface area contributed by atoms with E-state index < -0.39 is 0 Å². The highest BCUT2D eigenvalue weighted by molar-refractivity contribution is 6.30. The molecular weight excluding hydrogens is 440 g/mol. The van der Waals surface area contributed by atoms with Crippen molar-refractivity contribution in [3.05, 3.63) is 94.5 Å². The quantitative estimate of drug-likeness (QED) is 0.346. The Morgan fingerprint density at radius 1 is 0.824 bits per heavy atom. The lowest BCUT2D eigenvalue weighted by Gasteiger charge is -2.23. The van der Waals surface area contributed by atoms with Crippen LogP contribution in [0.15, 0.2) is 72.8 Å². The van der Waals surface area contributed by atoms with Gasteiger partial charge in [-0.2, -0.15) is 0 Å². The van der Waals surface area contributed by atoms with Crippen LogP contribution in [0.2, 0.25) is 5.02 Å². The molecule has 2 aliphatic rings. The fourth-order valence-corrected chi connectivity index (χ4v) is 4.92. The van der Waals surface area contributed by atoms with Gasteiger partial charge in [0.2, 0.25) is 0 Å². The minimum absolute atomic E-state index is 0.139. The molecule has 0 spiro atoms. The number of halogens is 1. The Morgan fingerprint density at radius 3 is 2.03 bits per heavy atom. The summed E-state index contributed by atoms with van der Waals surface area (Å²) in [6.07, 6.45) is 6.03. The van der Waals surface area contributed by atoms with Crippen LogP contribution in [0.4, 0.5) is 0 Å². The molecular formula is C30H33ClN2O. The first-order valence-electron chi connectivity index (χ1n) is 12.6. The Morgan fingerprint density at radius 2 is 1.41 bits per heavy atom. The number of amides is 1. The molecule has 0 unspecified atom stereocenters. The molecule has 2 fully saturated rings. The Balaban J connectivity index is 1.21. The third kappa shape index (κ3) is 6.08. The van der Waals surface area contributed by atoms with Gasteiger partial charge in [-0.1, -0.05) is 60.1 Å². The van der Waals surface area contributed by atoms with Gasteiger partial charge < -0.3 is 4.90 Å². The molecule has 0 aromatic heterocycles. The Bertz CT molecular complexity index is 1080. The van der Waals surface area contributed by atoms with Crippen LogP contribution < -0.4 is 0 Å². The first-order chi connectivity index (χ1) is 16.6. The zero-order valence-electron chi connectivity index (χ0n) is 19.8. The first kappa shape index (κ1) is 23.1. The van der Waals surface area contributed by atoms with Crippen molar-refractivity contribution < 1.29 is 4.79 Å². The van der Waals surface area contributed by atoms with E-state index in [4.69, 9.17) is 11.6 Å². The lowest BCUT2D eigenvalue weighted by atomic mass is 10.0. The van der Waals surface area contributed by atoms with Crippen molar-refractivity contribution in [2.75, 3.05) is 26.2 Å². The predicted octanol–water partition coefficient (Wildman–Crippen LogP) is 6.70. The van der Waals surface area contributed by atoms with Crippen LogP contribution in [0.25, 0.3) is 11.1 Å². The first-order valence-corrected chi connectivity index (χ1v) is 13.0. The van der Waals surface area contributed by atoms with E-state index in [0.29, 0.717) is 5.92 Å². The number of hydrogen-bond donors (Lipinski definition) is 0. The van der Waals surface area contributed by atoms with Crippen LogP contribution in [-0.4, -0.2) is 41.9 Å². The van der Waals surface area contributed by atoms with E-state index in [-0.39, 0.29) is 5.91 Å². The fraction of sp³-hybridized carbons (Fsp3) is 0.367. The molecule has 34 heavy (non-hydrogen) atoms. The molecule has 1 aliphatic heterocycles. The van der Waals surface area contributed by atoms with E-state index >= 15 is 0 Å². The maximum Gasteiger partial charge on any atom is 0.253 e. The number of hydrogen-bond acceptors (Lipinski definition) is 2. The zero-order chi connectivity index (χ0) is 23.3. The Labute approximate surface area is 208 Å². The van der Waals surface area contributed by atoms with Crippen molar-refractivity contribution in [2.24, 2.45) is 5.92 Å². The van der Waals surface area contributed by atoms with E-state index in [1.807, 2.05) is 48.5 Å². The van der Waals surface area contributed by atoms with Crippen molar-refractivity contribution in [2.45, 2.75) is 38.6 Å². The average molecular weight is 473 g/mol. The zero-order valence-corrected chi connectivity index (χ0v) is 20.5. The van der Waals surface area contributed by atoms with Crippen LogP contribution in [0, 0.1) is 5.92 Å². The third-order valence-corrected chi connectivity index (χ3v) is 7.32. The third-order valence-electron chi connectivity index (χ3n) is 7.07. The molecule has 1 heterocycles. The fourth-order valence-electron chi connectivity index (χ4n) is 4.79. The number of carbonyl (C=O) groups excluding carboxylic acids is 1. The standard InChI is InChI=1S/C30H33ClN2O/c31-29-15-13-27(14-16-29)26-9-11-28(12-10-26)30(34)33(22-25-7-8-25)20-17-23-3-5-24(6-4-23)21-32-18-1-2-19-32/h3-6,9-16,25H,1-2,7-8,17-22H2. The summed E-state index contributed by atoms with van der Waals surface area (Å²) in [5.41, 5.74) is 5.65. The molecule has 0 bridgehead atoms. The van der Waals surface area contributed by atoms with Gasteiger partial charge in [-0.25, -0.2) is 0 Å². The molecule has 0 radical (unpaired) electrons. The molecule has 0 atom stereocenters. The van der Waals surface area contributed by atoms with Gasteiger partial charge in [-0.05, 0) is 97.6 Å². The van der Waals surface area contributed by atoms with Gasteiger partial charge in [0.25, 0.3) is 5.91 Å². The average Bonchev–Trinajstić information content (AvgIpc) is 3.55.